The van der Waals surface area contributed by atoms with E-state index in [1.54, 1.807) is 36.4 Å². The lowest BCUT2D eigenvalue weighted by Gasteiger charge is -2.33. The molecule has 0 amide bonds. The van der Waals surface area contributed by atoms with Gasteiger partial charge in [-0.05, 0) is 34.4 Å². The maximum Gasteiger partial charge on any atom is 0.339 e. The Morgan fingerprint density at radius 3 is 1.54 bits per heavy atom. The number of ketones is 2. The SMILES string of the molecule is O=C(C(C(=O)C1Cc2ccccc2C(=O)O1)=P(c1ccccc1)(c1ccccc1)c1ccccc1)c1ccccc1. The Balaban J connectivity index is 1.74. The summed E-state index contributed by atoms with van der Waals surface area (Å²) in [6.45, 7) is -3.09. The molecular formula is C36H27O4P. The molecule has 0 spiro atoms. The van der Waals surface area contributed by atoms with Gasteiger partial charge in [-0.1, -0.05) is 140 Å². The zero-order valence-electron chi connectivity index (χ0n) is 22.2. The van der Waals surface area contributed by atoms with E-state index in [2.05, 4.69) is 0 Å². The van der Waals surface area contributed by atoms with Crippen LogP contribution in [0.5, 0.6) is 0 Å². The maximum absolute atomic E-state index is 14.9. The minimum absolute atomic E-state index is 0.143. The molecule has 5 heteroatoms. The van der Waals surface area contributed by atoms with Crippen LogP contribution in [0.1, 0.15) is 26.3 Å². The van der Waals surface area contributed by atoms with E-state index in [4.69, 9.17) is 4.74 Å². The highest BCUT2D eigenvalue weighted by molar-refractivity contribution is 7.97. The van der Waals surface area contributed by atoms with E-state index in [0.29, 0.717) is 11.1 Å². The van der Waals surface area contributed by atoms with Gasteiger partial charge < -0.3 is 4.74 Å². The van der Waals surface area contributed by atoms with Crippen LogP contribution in [0.15, 0.2) is 146 Å². The summed E-state index contributed by atoms with van der Waals surface area (Å²) >= 11 is 0. The van der Waals surface area contributed by atoms with Crippen molar-refractivity contribution in [3.05, 3.63) is 162 Å². The molecule has 0 aromatic heterocycles. The Hall–Kier alpha value is -4.79. The molecule has 0 N–H and O–H groups in total. The van der Waals surface area contributed by atoms with Crippen molar-refractivity contribution in [1.82, 2.24) is 0 Å². The maximum atomic E-state index is 14.9. The lowest BCUT2D eigenvalue weighted by atomic mass is 9.94. The number of hydrogen-bond donors (Lipinski definition) is 0. The van der Waals surface area contributed by atoms with Crippen LogP contribution in [0.2, 0.25) is 0 Å². The monoisotopic (exact) mass is 554 g/mol. The third kappa shape index (κ3) is 4.77. The van der Waals surface area contributed by atoms with Gasteiger partial charge in [0.15, 0.2) is 11.9 Å². The minimum atomic E-state index is -3.09. The van der Waals surface area contributed by atoms with Crippen LogP contribution in [-0.2, 0) is 16.0 Å². The Labute approximate surface area is 239 Å². The fourth-order valence-corrected chi connectivity index (χ4v) is 10.0. The van der Waals surface area contributed by atoms with Crippen molar-refractivity contribution in [3.8, 4) is 0 Å². The average Bonchev–Trinajstić information content (AvgIpc) is 3.04. The van der Waals surface area contributed by atoms with Crippen molar-refractivity contribution in [2.75, 3.05) is 0 Å². The Morgan fingerprint density at radius 2 is 1.02 bits per heavy atom. The number of Topliss-reactive ketones (excluding diaryl/α,β-unsaturated/α-hetero) is 2. The van der Waals surface area contributed by atoms with Crippen molar-refractivity contribution >= 4 is 45.6 Å². The van der Waals surface area contributed by atoms with Crippen molar-refractivity contribution in [1.29, 1.82) is 0 Å². The highest BCUT2D eigenvalue weighted by Gasteiger charge is 2.42. The highest BCUT2D eigenvalue weighted by atomic mass is 31.2. The van der Waals surface area contributed by atoms with E-state index in [9.17, 15) is 14.4 Å². The summed E-state index contributed by atoms with van der Waals surface area (Å²) < 4.78 is 5.80. The summed E-state index contributed by atoms with van der Waals surface area (Å²) in [5.41, 5.74) is 1.59. The molecular weight excluding hydrogens is 527 g/mol. The first kappa shape index (κ1) is 26.4. The van der Waals surface area contributed by atoms with Gasteiger partial charge in [-0.25, -0.2) is 4.79 Å². The number of cyclic esters (lactones) is 1. The molecule has 1 unspecified atom stereocenters. The minimum Gasteiger partial charge on any atom is -0.450 e. The van der Waals surface area contributed by atoms with E-state index >= 15 is 0 Å². The van der Waals surface area contributed by atoms with Gasteiger partial charge >= 0.3 is 5.97 Å². The van der Waals surface area contributed by atoms with Crippen LogP contribution in [0.4, 0.5) is 0 Å². The third-order valence-corrected chi connectivity index (χ3v) is 11.7. The summed E-state index contributed by atoms with van der Waals surface area (Å²) in [7, 11) is 0. The summed E-state index contributed by atoms with van der Waals surface area (Å²) in [6.07, 6.45) is -0.930. The van der Waals surface area contributed by atoms with E-state index in [0.717, 1.165) is 21.5 Å². The van der Waals surface area contributed by atoms with Crippen molar-refractivity contribution < 1.29 is 19.1 Å². The molecule has 0 bridgehead atoms. The van der Waals surface area contributed by atoms with Crippen molar-refractivity contribution in [2.24, 2.45) is 0 Å². The van der Waals surface area contributed by atoms with Gasteiger partial charge in [0, 0.05) is 12.0 Å². The highest BCUT2D eigenvalue weighted by Crippen LogP contribution is 2.47. The number of benzene rings is 5. The van der Waals surface area contributed by atoms with Gasteiger partial charge in [-0.3, -0.25) is 9.59 Å². The molecule has 200 valence electrons. The van der Waals surface area contributed by atoms with Gasteiger partial charge in [-0.2, -0.15) is 0 Å². The second-order valence-electron chi connectivity index (χ2n) is 9.84. The molecule has 1 aliphatic rings. The number of carbonyl (C=O) groups excluding carboxylic acids is 3. The number of fused-ring (bicyclic) bond motifs is 1. The second kappa shape index (κ2) is 11.4. The van der Waals surface area contributed by atoms with Crippen LogP contribution in [0.25, 0.3) is 0 Å². The first-order valence-corrected chi connectivity index (χ1v) is 15.3. The summed E-state index contributed by atoms with van der Waals surface area (Å²) in [5, 5.41) is 2.75. The topological polar surface area (TPSA) is 60.4 Å². The first-order chi connectivity index (χ1) is 20.1. The molecule has 41 heavy (non-hydrogen) atoms. The number of carbonyl (C=O) groups is 3. The predicted molar refractivity (Wildman–Crippen MR) is 165 cm³/mol. The number of rotatable bonds is 7. The number of ether oxygens (including phenoxy) is 1. The fraction of sp³-hybridized carbons (Fsp3) is 0.0556. The van der Waals surface area contributed by atoms with Crippen LogP contribution in [0, 0.1) is 0 Å². The van der Waals surface area contributed by atoms with Gasteiger partial charge in [0.05, 0.1) is 10.9 Å². The molecule has 0 saturated carbocycles. The lowest BCUT2D eigenvalue weighted by Crippen LogP contribution is -2.45. The molecule has 1 heterocycles. The van der Waals surface area contributed by atoms with E-state index in [1.807, 2.05) is 109 Å². The Morgan fingerprint density at radius 1 is 0.585 bits per heavy atom. The zero-order chi connectivity index (χ0) is 28.2. The molecule has 1 aliphatic heterocycles. The summed E-state index contributed by atoms with van der Waals surface area (Å²) in [6, 6.07) is 45.3. The molecule has 6 rings (SSSR count). The average molecular weight is 555 g/mol. The smallest absolute Gasteiger partial charge is 0.339 e. The summed E-state index contributed by atoms with van der Waals surface area (Å²) in [5.74, 6) is -1.39. The van der Waals surface area contributed by atoms with E-state index in [1.165, 1.54) is 0 Å². The molecule has 5 aromatic rings. The Bertz CT molecular complexity index is 1680. The lowest BCUT2D eigenvalue weighted by molar-refractivity contribution is -0.121. The van der Waals surface area contributed by atoms with Gasteiger partial charge in [-0.15, -0.1) is 0 Å². The number of hydrogen-bond acceptors (Lipinski definition) is 4. The Kier molecular flexibility index (Phi) is 7.33. The predicted octanol–water partition coefficient (Wildman–Crippen LogP) is 5.39. The molecule has 1 atom stereocenters. The van der Waals surface area contributed by atoms with Crippen LogP contribution in [0.3, 0.4) is 0 Å². The standard InChI is InChI=1S/C36H27O4P/c37-33(26-15-5-1-6-16-26)35(34(38)32-25-27-17-13-14-24-31(27)36(39)40-32)41(28-18-7-2-8-19-28,29-20-9-3-10-21-29)30-22-11-4-12-23-30/h1-24,32H,25H2. The van der Waals surface area contributed by atoms with Crippen LogP contribution in [-0.4, -0.2) is 28.9 Å². The summed E-state index contributed by atoms with van der Waals surface area (Å²) in [4.78, 5) is 42.7. The molecule has 0 aliphatic carbocycles. The van der Waals surface area contributed by atoms with E-state index in [-0.39, 0.29) is 17.5 Å². The molecule has 5 aromatic carbocycles. The van der Waals surface area contributed by atoms with E-state index < -0.39 is 24.7 Å². The molecule has 0 radical (unpaired) electrons. The molecule has 4 nitrogen and oxygen atoms in total. The number of esters is 1. The van der Waals surface area contributed by atoms with Crippen molar-refractivity contribution in [3.63, 3.8) is 0 Å². The quantitative estimate of drug-likeness (QED) is 0.117. The van der Waals surface area contributed by atoms with Gasteiger partial charge in [0.25, 0.3) is 0 Å². The largest absolute Gasteiger partial charge is 0.450 e. The van der Waals surface area contributed by atoms with Gasteiger partial charge in [0.1, 0.15) is 0 Å². The second-order valence-corrected chi connectivity index (χ2v) is 13.2. The van der Waals surface area contributed by atoms with Crippen LogP contribution < -0.4 is 15.9 Å². The first-order valence-electron chi connectivity index (χ1n) is 13.5. The molecule has 0 fully saturated rings. The molecule has 0 saturated heterocycles. The van der Waals surface area contributed by atoms with Crippen molar-refractivity contribution in [2.45, 2.75) is 12.5 Å². The van der Waals surface area contributed by atoms with Gasteiger partial charge in [0.2, 0.25) is 5.78 Å². The fourth-order valence-electron chi connectivity index (χ4n) is 5.58. The van der Waals surface area contributed by atoms with Crippen LogP contribution >= 0.6 is 6.89 Å². The third-order valence-electron chi connectivity index (χ3n) is 7.43. The zero-order valence-corrected chi connectivity index (χ0v) is 23.1. The normalized spacial score (nSPS) is 14.4.